The first-order valence-corrected chi connectivity index (χ1v) is 10.8. The molecule has 0 spiro atoms. The lowest BCUT2D eigenvalue weighted by Gasteiger charge is -2.34. The topological polar surface area (TPSA) is 102 Å². The van der Waals surface area contributed by atoms with Gasteiger partial charge >= 0.3 is 0 Å². The molecule has 0 unspecified atom stereocenters. The van der Waals surface area contributed by atoms with E-state index in [2.05, 4.69) is 32.3 Å². The van der Waals surface area contributed by atoms with Gasteiger partial charge in [-0.3, -0.25) is 9.36 Å². The first-order chi connectivity index (χ1) is 15.5. The van der Waals surface area contributed by atoms with Crippen LogP contribution >= 0.6 is 0 Å². The summed E-state index contributed by atoms with van der Waals surface area (Å²) in [4.78, 5) is 9.17. The number of nitrogens with zero attached hydrogens (tertiary/aromatic N) is 6. The molecule has 2 N–H and O–H groups in total. The molecular formula is C24H26N6O2. The zero-order valence-corrected chi connectivity index (χ0v) is 18.0. The first kappa shape index (κ1) is 20.5. The van der Waals surface area contributed by atoms with Gasteiger partial charge in [0.05, 0.1) is 30.6 Å². The predicted octanol–water partition coefficient (Wildman–Crippen LogP) is 3.25. The van der Waals surface area contributed by atoms with Crippen molar-refractivity contribution in [3.8, 4) is 33.6 Å². The molecule has 5 rings (SSSR count). The lowest BCUT2D eigenvalue weighted by Crippen LogP contribution is -2.38. The maximum Gasteiger partial charge on any atom is 0.159 e. The van der Waals surface area contributed by atoms with Gasteiger partial charge in [0.2, 0.25) is 0 Å². The Morgan fingerprint density at radius 1 is 0.906 bits per heavy atom. The van der Waals surface area contributed by atoms with Crippen molar-refractivity contribution < 1.29 is 10.2 Å². The van der Waals surface area contributed by atoms with Crippen LogP contribution in [0.5, 0.6) is 0 Å². The third-order valence-electron chi connectivity index (χ3n) is 6.30. The van der Waals surface area contributed by atoms with E-state index in [4.69, 9.17) is 0 Å². The Balaban J connectivity index is 1.32. The van der Waals surface area contributed by atoms with Crippen LogP contribution in [0.1, 0.15) is 31.7 Å². The van der Waals surface area contributed by atoms with Gasteiger partial charge in [0.25, 0.3) is 0 Å². The fourth-order valence-corrected chi connectivity index (χ4v) is 4.28. The van der Waals surface area contributed by atoms with Gasteiger partial charge in [0.1, 0.15) is 0 Å². The fraction of sp³-hybridized carbons (Fsp3) is 0.333. The number of hydrogen-bond donors (Lipinski definition) is 2. The van der Waals surface area contributed by atoms with Crippen LogP contribution in [0.2, 0.25) is 0 Å². The summed E-state index contributed by atoms with van der Waals surface area (Å²) >= 11 is 0. The van der Waals surface area contributed by atoms with Crippen molar-refractivity contribution in [2.24, 2.45) is 7.05 Å². The van der Waals surface area contributed by atoms with E-state index in [0.29, 0.717) is 18.7 Å². The molecule has 1 aliphatic carbocycles. The number of benzene rings is 1. The van der Waals surface area contributed by atoms with Gasteiger partial charge in [-0.1, -0.05) is 18.2 Å². The van der Waals surface area contributed by atoms with Crippen molar-refractivity contribution in [3.63, 3.8) is 0 Å². The Morgan fingerprint density at radius 3 is 2.28 bits per heavy atom. The molecule has 0 saturated heterocycles. The number of aryl methyl sites for hydroxylation is 1. The Labute approximate surface area is 186 Å². The van der Waals surface area contributed by atoms with E-state index in [1.165, 1.54) is 0 Å². The lowest BCUT2D eigenvalue weighted by atomic mass is 9.83. The summed E-state index contributed by atoms with van der Waals surface area (Å²) in [5, 5.41) is 28.3. The molecular weight excluding hydrogens is 404 g/mol. The van der Waals surface area contributed by atoms with Crippen molar-refractivity contribution >= 4 is 0 Å². The van der Waals surface area contributed by atoms with Crippen LogP contribution in [0.4, 0.5) is 0 Å². The van der Waals surface area contributed by atoms with Crippen molar-refractivity contribution in [2.75, 3.05) is 6.61 Å². The van der Waals surface area contributed by atoms with Crippen LogP contribution in [0.3, 0.4) is 0 Å². The van der Waals surface area contributed by atoms with E-state index in [-0.39, 0.29) is 12.6 Å². The van der Waals surface area contributed by atoms with E-state index in [1.54, 1.807) is 4.68 Å². The maximum atomic E-state index is 10.2. The van der Waals surface area contributed by atoms with E-state index in [0.717, 1.165) is 40.7 Å². The Bertz CT molecular complexity index is 1210. The van der Waals surface area contributed by atoms with Gasteiger partial charge in [-0.05, 0) is 37.3 Å². The number of aliphatic hydroxyl groups excluding tert-OH is 1. The fourth-order valence-electron chi connectivity index (χ4n) is 4.28. The smallest absolute Gasteiger partial charge is 0.159 e. The highest BCUT2D eigenvalue weighted by Crippen LogP contribution is 2.35. The molecule has 164 valence electrons. The molecule has 1 aliphatic rings. The summed E-state index contributed by atoms with van der Waals surface area (Å²) in [7, 11) is 1.90. The van der Waals surface area contributed by atoms with Crippen molar-refractivity contribution in [3.05, 3.63) is 61.4 Å². The van der Waals surface area contributed by atoms with E-state index < -0.39 is 5.60 Å². The zero-order chi connectivity index (χ0) is 22.1. The second-order valence-electron chi connectivity index (χ2n) is 8.60. The minimum Gasteiger partial charge on any atom is -0.393 e. The summed E-state index contributed by atoms with van der Waals surface area (Å²) in [6.07, 6.45) is 14.1. The Morgan fingerprint density at radius 2 is 1.59 bits per heavy atom. The molecule has 1 saturated carbocycles. The Hall–Kier alpha value is -3.36. The third-order valence-corrected chi connectivity index (χ3v) is 6.30. The van der Waals surface area contributed by atoms with Gasteiger partial charge in [0, 0.05) is 54.1 Å². The van der Waals surface area contributed by atoms with E-state index >= 15 is 0 Å². The normalized spacial score (nSPS) is 21.0. The molecule has 4 aromatic rings. The number of hydrogen-bond acceptors (Lipinski definition) is 6. The number of aromatic nitrogens is 6. The Kier molecular flexibility index (Phi) is 5.32. The van der Waals surface area contributed by atoms with Gasteiger partial charge in [-0.2, -0.15) is 10.2 Å². The van der Waals surface area contributed by atoms with Gasteiger partial charge in [-0.25, -0.2) is 9.97 Å². The average molecular weight is 431 g/mol. The molecule has 0 radical (unpaired) electrons. The zero-order valence-electron chi connectivity index (χ0n) is 18.0. The number of rotatable bonds is 5. The van der Waals surface area contributed by atoms with Crippen LogP contribution in [-0.4, -0.2) is 51.9 Å². The van der Waals surface area contributed by atoms with Crippen molar-refractivity contribution in [1.29, 1.82) is 0 Å². The molecule has 32 heavy (non-hydrogen) atoms. The average Bonchev–Trinajstić information content (AvgIpc) is 3.50. The highest BCUT2D eigenvalue weighted by Gasteiger charge is 2.33. The molecule has 3 aromatic heterocycles. The van der Waals surface area contributed by atoms with Crippen LogP contribution in [0.15, 0.2) is 61.4 Å². The second kappa shape index (κ2) is 8.29. The summed E-state index contributed by atoms with van der Waals surface area (Å²) in [5.41, 5.74) is 4.01. The highest BCUT2D eigenvalue weighted by molar-refractivity contribution is 5.70. The summed E-state index contributed by atoms with van der Waals surface area (Å²) in [6.45, 7) is -0.182. The van der Waals surface area contributed by atoms with Crippen LogP contribution in [0, 0.1) is 0 Å². The molecule has 1 fully saturated rings. The highest BCUT2D eigenvalue weighted by atomic mass is 16.3. The molecule has 3 heterocycles. The largest absolute Gasteiger partial charge is 0.393 e. The minimum atomic E-state index is -0.940. The summed E-state index contributed by atoms with van der Waals surface area (Å²) in [5.74, 6) is 0.669. The quantitative estimate of drug-likeness (QED) is 0.504. The van der Waals surface area contributed by atoms with E-state index in [1.807, 2.05) is 61.0 Å². The maximum absolute atomic E-state index is 10.2. The predicted molar refractivity (Wildman–Crippen MR) is 120 cm³/mol. The molecule has 0 aliphatic heterocycles. The van der Waals surface area contributed by atoms with Crippen molar-refractivity contribution in [2.45, 2.75) is 37.3 Å². The van der Waals surface area contributed by atoms with Gasteiger partial charge in [0.15, 0.2) is 5.82 Å². The van der Waals surface area contributed by atoms with E-state index in [9.17, 15) is 10.2 Å². The standard InChI is InChI=1S/C24H26N6O2/c1-29-14-20(12-27-29)17-3-2-4-18(9-17)23-25-10-19(11-26-23)21-13-28-30(15-21)22-5-7-24(32,16-31)8-6-22/h2-4,9-15,22,31-32H,5-8,16H2,1H3/t22-,24-. The van der Waals surface area contributed by atoms with Gasteiger partial charge in [-0.15, -0.1) is 0 Å². The number of aliphatic hydroxyl groups is 2. The molecule has 0 atom stereocenters. The third kappa shape index (κ3) is 4.06. The molecule has 8 heteroatoms. The summed E-state index contributed by atoms with van der Waals surface area (Å²) in [6, 6.07) is 8.35. The van der Waals surface area contributed by atoms with Gasteiger partial charge < -0.3 is 10.2 Å². The monoisotopic (exact) mass is 430 g/mol. The molecule has 0 amide bonds. The molecule has 1 aromatic carbocycles. The van der Waals surface area contributed by atoms with Crippen LogP contribution in [0.25, 0.3) is 33.6 Å². The van der Waals surface area contributed by atoms with Crippen molar-refractivity contribution in [1.82, 2.24) is 29.5 Å². The molecule has 0 bridgehead atoms. The lowest BCUT2D eigenvalue weighted by molar-refractivity contribution is -0.0510. The first-order valence-electron chi connectivity index (χ1n) is 10.8. The second-order valence-corrected chi connectivity index (χ2v) is 8.60. The summed E-state index contributed by atoms with van der Waals surface area (Å²) < 4.78 is 3.74. The van der Waals surface area contributed by atoms with Crippen LogP contribution < -0.4 is 0 Å². The minimum absolute atomic E-state index is 0.182. The molecule has 8 nitrogen and oxygen atoms in total. The van der Waals surface area contributed by atoms with Crippen LogP contribution in [-0.2, 0) is 7.05 Å². The SMILES string of the molecule is Cn1cc(-c2cccc(-c3ncc(-c4cnn([C@H]5CC[C@@](O)(CO)CC5)c4)cn3)c2)cn1.